The molecule has 1 amide bonds. The van der Waals surface area contributed by atoms with E-state index in [4.69, 9.17) is 0 Å². The van der Waals surface area contributed by atoms with Crippen LogP contribution < -0.4 is 0 Å². The van der Waals surface area contributed by atoms with Crippen molar-refractivity contribution in [2.24, 2.45) is 11.8 Å². The van der Waals surface area contributed by atoms with Gasteiger partial charge in [-0.25, -0.2) is 4.98 Å². The van der Waals surface area contributed by atoms with E-state index in [0.717, 1.165) is 43.8 Å². The maximum atomic E-state index is 12.8. The lowest BCUT2D eigenvalue weighted by Crippen LogP contribution is -2.36. The van der Waals surface area contributed by atoms with Crippen LogP contribution in [0.25, 0.3) is 0 Å². The molecular formula is C18H24N4O2S. The summed E-state index contributed by atoms with van der Waals surface area (Å²) in [5.41, 5.74) is 0.580. The Morgan fingerprint density at radius 1 is 1.36 bits per heavy atom. The minimum Gasteiger partial charge on any atom is -0.391 e. The molecular weight excluding hydrogens is 336 g/mol. The molecule has 1 saturated heterocycles. The largest absolute Gasteiger partial charge is 0.391 e. The molecule has 1 N–H and O–H groups in total. The first kappa shape index (κ1) is 16.7. The Balaban J connectivity index is 1.44. The molecule has 0 aromatic carbocycles. The van der Waals surface area contributed by atoms with E-state index in [1.165, 1.54) is 0 Å². The van der Waals surface area contributed by atoms with E-state index in [1.54, 1.807) is 17.5 Å². The second-order valence-electron chi connectivity index (χ2n) is 7.20. The quantitative estimate of drug-likeness (QED) is 0.909. The molecule has 2 aromatic heterocycles. The number of carbonyl (C=O) groups is 1. The van der Waals surface area contributed by atoms with E-state index >= 15 is 0 Å². The van der Waals surface area contributed by atoms with Crippen LogP contribution in [0.15, 0.2) is 23.8 Å². The van der Waals surface area contributed by atoms with Crippen molar-refractivity contribution < 1.29 is 9.90 Å². The van der Waals surface area contributed by atoms with Crippen LogP contribution in [-0.4, -0.2) is 49.9 Å². The monoisotopic (exact) mass is 360 g/mol. The highest BCUT2D eigenvalue weighted by molar-refractivity contribution is 7.09. The van der Waals surface area contributed by atoms with Crippen LogP contribution in [0, 0.1) is 11.8 Å². The van der Waals surface area contributed by atoms with Gasteiger partial charge >= 0.3 is 0 Å². The second kappa shape index (κ2) is 6.88. The van der Waals surface area contributed by atoms with Crippen molar-refractivity contribution in [1.82, 2.24) is 19.7 Å². The predicted molar refractivity (Wildman–Crippen MR) is 95.5 cm³/mol. The van der Waals surface area contributed by atoms with E-state index in [1.807, 2.05) is 27.2 Å². The third-order valence-electron chi connectivity index (χ3n) is 5.50. The fourth-order valence-electron chi connectivity index (χ4n) is 4.23. The van der Waals surface area contributed by atoms with E-state index in [2.05, 4.69) is 17.0 Å². The van der Waals surface area contributed by atoms with Gasteiger partial charge in [-0.15, -0.1) is 11.3 Å². The molecule has 3 heterocycles. The highest BCUT2D eigenvalue weighted by atomic mass is 32.1. The van der Waals surface area contributed by atoms with Crippen LogP contribution in [0.2, 0.25) is 0 Å². The Labute approximate surface area is 151 Å². The lowest BCUT2D eigenvalue weighted by atomic mass is 9.77. The van der Waals surface area contributed by atoms with Gasteiger partial charge in [0.15, 0.2) is 0 Å². The lowest BCUT2D eigenvalue weighted by Gasteiger charge is -2.35. The SMILES string of the molecule is CCCc1nc(C(=O)N2C[C@H]3C[C@@H](n4cccn4)[C@H](O)C[C@H]3C2)cs1. The summed E-state index contributed by atoms with van der Waals surface area (Å²) in [6, 6.07) is 1.90. The number of aliphatic hydroxyl groups is 1. The molecule has 4 rings (SSSR count). The number of aliphatic hydroxyl groups excluding tert-OH is 1. The van der Waals surface area contributed by atoms with Crippen molar-refractivity contribution in [3.63, 3.8) is 0 Å². The van der Waals surface area contributed by atoms with E-state index in [-0.39, 0.29) is 11.9 Å². The van der Waals surface area contributed by atoms with Crippen molar-refractivity contribution in [3.05, 3.63) is 34.5 Å². The molecule has 0 spiro atoms. The van der Waals surface area contributed by atoms with E-state index in [9.17, 15) is 9.90 Å². The molecule has 0 unspecified atom stereocenters. The highest BCUT2D eigenvalue weighted by Crippen LogP contribution is 2.41. The van der Waals surface area contributed by atoms with Crippen LogP contribution in [0.1, 0.15) is 47.7 Å². The number of fused-ring (bicyclic) bond motifs is 1. The number of amides is 1. The third-order valence-corrected chi connectivity index (χ3v) is 6.40. The summed E-state index contributed by atoms with van der Waals surface area (Å²) in [5, 5.41) is 17.7. The van der Waals surface area contributed by atoms with Crippen LogP contribution in [0.4, 0.5) is 0 Å². The third kappa shape index (κ3) is 3.22. The van der Waals surface area contributed by atoms with Gasteiger partial charge in [-0.3, -0.25) is 9.48 Å². The first-order valence-electron chi connectivity index (χ1n) is 9.06. The number of hydrogen-bond donors (Lipinski definition) is 1. The average molecular weight is 360 g/mol. The van der Waals surface area contributed by atoms with Crippen LogP contribution in [-0.2, 0) is 6.42 Å². The Kier molecular flexibility index (Phi) is 4.60. The molecule has 2 fully saturated rings. The summed E-state index contributed by atoms with van der Waals surface area (Å²) in [6.45, 7) is 3.61. The van der Waals surface area contributed by atoms with Gasteiger partial charge in [-0.05, 0) is 43.6 Å². The minimum atomic E-state index is -0.397. The molecule has 7 heteroatoms. The summed E-state index contributed by atoms with van der Waals surface area (Å²) < 4.78 is 1.86. The highest BCUT2D eigenvalue weighted by Gasteiger charge is 2.44. The predicted octanol–water partition coefficient (Wildman–Crippen LogP) is 2.38. The molecule has 0 radical (unpaired) electrons. The summed E-state index contributed by atoms with van der Waals surface area (Å²) >= 11 is 1.58. The average Bonchev–Trinajstić information content (AvgIpc) is 3.33. The molecule has 6 nitrogen and oxygen atoms in total. The van der Waals surface area contributed by atoms with Crippen LogP contribution in [0.5, 0.6) is 0 Å². The fraction of sp³-hybridized carbons (Fsp3) is 0.611. The van der Waals surface area contributed by atoms with Gasteiger partial charge in [0.05, 0.1) is 17.2 Å². The van der Waals surface area contributed by atoms with Gasteiger partial charge in [0.2, 0.25) is 0 Å². The van der Waals surface area contributed by atoms with E-state index in [0.29, 0.717) is 17.5 Å². The molecule has 1 aliphatic carbocycles. The fourth-order valence-corrected chi connectivity index (χ4v) is 5.11. The molecule has 4 atom stereocenters. The smallest absolute Gasteiger partial charge is 0.273 e. The van der Waals surface area contributed by atoms with Crippen molar-refractivity contribution in [2.45, 2.75) is 44.8 Å². The molecule has 25 heavy (non-hydrogen) atoms. The molecule has 1 saturated carbocycles. The normalized spacial score (nSPS) is 29.0. The van der Waals surface area contributed by atoms with Gasteiger partial charge in [0.25, 0.3) is 5.91 Å². The van der Waals surface area contributed by atoms with Gasteiger partial charge in [0, 0.05) is 30.9 Å². The number of carbonyl (C=O) groups excluding carboxylic acids is 1. The molecule has 0 bridgehead atoms. The molecule has 2 aromatic rings. The first-order valence-corrected chi connectivity index (χ1v) is 9.94. The topological polar surface area (TPSA) is 71.2 Å². The standard InChI is InChI=1S/C18H24N4O2S/c1-2-4-17-20-14(11-25-17)18(24)21-9-12-7-15(22-6-3-5-19-22)16(23)8-13(12)10-21/h3,5-6,11-13,15-16,23H,2,4,7-10H2,1H3/t12-,13+,15-,16-/m1/s1. The summed E-state index contributed by atoms with van der Waals surface area (Å²) in [7, 11) is 0. The minimum absolute atomic E-state index is 0.0155. The number of aromatic nitrogens is 3. The van der Waals surface area contributed by atoms with E-state index < -0.39 is 6.10 Å². The van der Waals surface area contributed by atoms with Crippen molar-refractivity contribution >= 4 is 17.2 Å². The summed E-state index contributed by atoms with van der Waals surface area (Å²) in [4.78, 5) is 19.2. The molecule has 2 aliphatic rings. The van der Waals surface area contributed by atoms with Gasteiger partial charge in [0.1, 0.15) is 5.69 Å². The van der Waals surface area contributed by atoms with Crippen molar-refractivity contribution in [3.8, 4) is 0 Å². The zero-order valence-corrected chi connectivity index (χ0v) is 15.2. The number of thiazole rings is 1. The van der Waals surface area contributed by atoms with Crippen LogP contribution in [0.3, 0.4) is 0 Å². The van der Waals surface area contributed by atoms with Crippen molar-refractivity contribution in [2.75, 3.05) is 13.1 Å². The Hall–Kier alpha value is -1.73. The number of nitrogens with zero attached hydrogens (tertiary/aromatic N) is 4. The summed E-state index contributed by atoms with van der Waals surface area (Å²) in [5.74, 6) is 0.841. The summed E-state index contributed by atoms with van der Waals surface area (Å²) in [6.07, 6.45) is 6.84. The van der Waals surface area contributed by atoms with Gasteiger partial charge < -0.3 is 10.0 Å². The van der Waals surface area contributed by atoms with Crippen LogP contribution >= 0.6 is 11.3 Å². The number of rotatable bonds is 4. The second-order valence-corrected chi connectivity index (χ2v) is 8.14. The van der Waals surface area contributed by atoms with Gasteiger partial charge in [-0.1, -0.05) is 6.92 Å². The lowest BCUT2D eigenvalue weighted by molar-refractivity contribution is 0.0306. The number of likely N-dealkylation sites (tertiary alicyclic amines) is 1. The Morgan fingerprint density at radius 3 is 2.88 bits per heavy atom. The first-order chi connectivity index (χ1) is 12.2. The zero-order chi connectivity index (χ0) is 17.4. The Morgan fingerprint density at radius 2 is 2.16 bits per heavy atom. The maximum Gasteiger partial charge on any atom is 0.273 e. The van der Waals surface area contributed by atoms with Crippen molar-refractivity contribution in [1.29, 1.82) is 0 Å². The molecule has 134 valence electrons. The molecule has 1 aliphatic heterocycles. The zero-order valence-electron chi connectivity index (χ0n) is 14.4. The number of aryl methyl sites for hydroxylation is 1. The van der Waals surface area contributed by atoms with Gasteiger partial charge in [-0.2, -0.15) is 5.10 Å². The maximum absolute atomic E-state index is 12.8. The Bertz CT molecular complexity index is 729. The number of hydrogen-bond acceptors (Lipinski definition) is 5.